The number of benzene rings is 7. The summed E-state index contributed by atoms with van der Waals surface area (Å²) in [5.74, 6) is 1.34. The Morgan fingerprint density at radius 2 is 0.385 bits per heavy atom. The van der Waals surface area contributed by atoms with Crippen molar-refractivity contribution in [3.8, 4) is 51.7 Å². The maximum Gasteiger partial charge on any atom is 0.343 e. The minimum absolute atomic E-state index is 0.138. The predicted molar refractivity (Wildman–Crippen MR) is 377 cm³/mol. The molecule has 0 aromatic heterocycles. The summed E-state index contributed by atoms with van der Waals surface area (Å²) < 4.78 is 51.5. The molecule has 0 spiro atoms. The van der Waals surface area contributed by atoms with Gasteiger partial charge in [0, 0.05) is 6.07 Å². The maximum absolute atomic E-state index is 13.1. The van der Waals surface area contributed by atoms with Gasteiger partial charge in [0.2, 0.25) is 0 Å². The van der Waals surface area contributed by atoms with Crippen LogP contribution >= 0.6 is 0 Å². The smallest absolute Gasteiger partial charge is 0.343 e. The summed E-state index contributed by atoms with van der Waals surface area (Å²) >= 11 is 0. The fraction of sp³-hybridized carbons (Fsp3) is 0.427. The zero-order valence-electron chi connectivity index (χ0n) is 56.7. The van der Waals surface area contributed by atoms with E-state index in [-0.39, 0.29) is 33.9 Å². The number of unbranched alkanes of at least 4 members (excludes halogenated alkanes) is 26. The van der Waals surface area contributed by atoms with E-state index in [4.69, 9.17) is 42.6 Å². The fourth-order valence-corrected chi connectivity index (χ4v) is 10.8. The summed E-state index contributed by atoms with van der Waals surface area (Å²) in [5.41, 5.74) is 1.47. The van der Waals surface area contributed by atoms with E-state index in [0.717, 1.165) is 62.9 Å². The molecule has 0 aliphatic rings. The first-order valence-corrected chi connectivity index (χ1v) is 35.4. The second-order valence-electron chi connectivity index (χ2n) is 24.5. The third-order valence-electron chi connectivity index (χ3n) is 16.5. The summed E-state index contributed by atoms with van der Waals surface area (Å²) in [4.78, 5) is 64.8. The standard InChI is InChI=1S/C82H100O14/c1-3-5-7-9-11-13-16-20-24-28-59-89-70-47-41-67(42-48-70)80(85)94-75-57-53-72(54-58-75)91-62-31-27-23-19-15-18-22-25-29-60-88-69-45-39-66(40-46-69)79(84)92-73-49-43-68(44-50-73)82(87)96-77-34-32-33-76(63-77)95-81(86)65-37-35-64(36-38-65)78(83)93-74-55-51-71(52-56-74)90-61-30-26-21-17-14-12-10-8-6-4-2/h32-58,63H,3-31,59-62H2,1-2H3. The van der Waals surface area contributed by atoms with E-state index < -0.39 is 29.8 Å². The van der Waals surface area contributed by atoms with Gasteiger partial charge in [0.15, 0.2) is 0 Å². The lowest BCUT2D eigenvalue weighted by Gasteiger charge is -2.09. The van der Waals surface area contributed by atoms with E-state index in [1.54, 1.807) is 91.0 Å². The van der Waals surface area contributed by atoms with Gasteiger partial charge in [0.05, 0.1) is 54.2 Å². The Morgan fingerprint density at radius 1 is 0.208 bits per heavy atom. The molecule has 14 heteroatoms. The summed E-state index contributed by atoms with van der Waals surface area (Å²) in [7, 11) is 0. The second kappa shape index (κ2) is 44.7. The minimum Gasteiger partial charge on any atom is -0.494 e. The predicted octanol–water partition coefficient (Wildman–Crippen LogP) is 21.4. The number of hydrogen-bond donors (Lipinski definition) is 0. The van der Waals surface area contributed by atoms with Crippen molar-refractivity contribution in [3.63, 3.8) is 0 Å². The van der Waals surface area contributed by atoms with Crippen molar-refractivity contribution >= 4 is 29.8 Å². The average Bonchev–Trinajstić information content (AvgIpc) is 1.22. The van der Waals surface area contributed by atoms with E-state index in [1.807, 2.05) is 24.3 Å². The highest BCUT2D eigenvalue weighted by molar-refractivity contribution is 5.95. The highest BCUT2D eigenvalue weighted by Crippen LogP contribution is 2.26. The highest BCUT2D eigenvalue weighted by atomic mass is 16.6. The molecule has 0 aliphatic heterocycles. The van der Waals surface area contributed by atoms with E-state index >= 15 is 0 Å². The molecule has 7 aromatic carbocycles. The van der Waals surface area contributed by atoms with Gasteiger partial charge in [-0.05, 0) is 183 Å². The van der Waals surface area contributed by atoms with Crippen LogP contribution < -0.4 is 42.6 Å². The summed E-state index contributed by atoms with van der Waals surface area (Å²) in [6, 6.07) is 46.0. The Balaban J connectivity index is 0.675. The number of rotatable bonds is 48. The van der Waals surface area contributed by atoms with Crippen LogP contribution in [0.25, 0.3) is 0 Å². The lowest BCUT2D eigenvalue weighted by atomic mass is 10.1. The number of ether oxygens (including phenoxy) is 9. The molecular weight excluding hydrogens is 1210 g/mol. The molecule has 0 bridgehead atoms. The van der Waals surface area contributed by atoms with Crippen LogP contribution in [0.4, 0.5) is 0 Å². The summed E-state index contributed by atoms with van der Waals surface area (Å²) in [6.45, 7) is 7.04. The molecule has 7 rings (SSSR count). The minimum atomic E-state index is -0.680. The van der Waals surface area contributed by atoms with Crippen molar-refractivity contribution in [2.45, 2.75) is 200 Å². The Hall–Kier alpha value is -8.91. The van der Waals surface area contributed by atoms with Gasteiger partial charge in [-0.2, -0.15) is 0 Å². The van der Waals surface area contributed by atoms with Gasteiger partial charge in [-0.15, -0.1) is 0 Å². The molecule has 0 atom stereocenters. The normalized spacial score (nSPS) is 10.9. The largest absolute Gasteiger partial charge is 0.494 e. The Bertz CT molecular complexity index is 3320. The molecule has 0 N–H and O–H groups in total. The monoisotopic (exact) mass is 1310 g/mol. The van der Waals surface area contributed by atoms with Gasteiger partial charge in [-0.1, -0.05) is 180 Å². The van der Waals surface area contributed by atoms with Gasteiger partial charge in [-0.3, -0.25) is 0 Å². The van der Waals surface area contributed by atoms with Gasteiger partial charge in [0.1, 0.15) is 51.7 Å². The zero-order chi connectivity index (χ0) is 67.5. The van der Waals surface area contributed by atoms with E-state index in [9.17, 15) is 24.0 Å². The number of hydrogen-bond acceptors (Lipinski definition) is 14. The molecule has 7 aromatic rings. The maximum atomic E-state index is 13.1. The molecule has 0 heterocycles. The third kappa shape index (κ3) is 29.4. The third-order valence-corrected chi connectivity index (χ3v) is 16.5. The van der Waals surface area contributed by atoms with Gasteiger partial charge >= 0.3 is 29.8 Å². The van der Waals surface area contributed by atoms with Crippen LogP contribution in [0, 0.1) is 0 Å². The molecule has 0 saturated carbocycles. The zero-order valence-corrected chi connectivity index (χ0v) is 56.7. The first-order chi connectivity index (χ1) is 47.1. The number of carbonyl (C=O) groups is 5. The van der Waals surface area contributed by atoms with Crippen LogP contribution in [-0.4, -0.2) is 56.3 Å². The highest BCUT2D eigenvalue weighted by Gasteiger charge is 2.17. The molecule has 0 fully saturated rings. The SMILES string of the molecule is CCCCCCCCCCCCOc1ccc(OC(=O)c2ccc(C(=O)Oc3cccc(OC(=O)c4ccc(OC(=O)c5ccc(OCCCCCCCCCCCOc6ccc(OC(=O)c7ccc(OCCCCCCCCCCCC)cc7)cc6)cc5)cc4)c3)cc2)cc1. The van der Waals surface area contributed by atoms with Crippen molar-refractivity contribution in [3.05, 3.63) is 198 Å². The van der Waals surface area contributed by atoms with Gasteiger partial charge in [0.25, 0.3) is 0 Å². The molecule has 14 nitrogen and oxygen atoms in total. The summed E-state index contributed by atoms with van der Waals surface area (Å²) in [5, 5.41) is 0. The number of esters is 5. The average molecular weight is 1310 g/mol. The summed E-state index contributed by atoms with van der Waals surface area (Å²) in [6.07, 6.45) is 35.4. The first kappa shape index (κ1) is 74.5. The van der Waals surface area contributed by atoms with Crippen LogP contribution in [-0.2, 0) is 0 Å². The fourth-order valence-electron chi connectivity index (χ4n) is 10.8. The van der Waals surface area contributed by atoms with E-state index in [2.05, 4.69) is 13.8 Å². The Labute approximate surface area is 569 Å². The first-order valence-electron chi connectivity index (χ1n) is 35.4. The molecule has 0 amide bonds. The van der Waals surface area contributed by atoms with Gasteiger partial charge < -0.3 is 42.6 Å². The topological polar surface area (TPSA) is 168 Å². The molecule has 0 unspecified atom stereocenters. The Morgan fingerprint density at radius 3 is 0.625 bits per heavy atom. The molecule has 0 radical (unpaired) electrons. The lowest BCUT2D eigenvalue weighted by Crippen LogP contribution is -2.12. The second-order valence-corrected chi connectivity index (χ2v) is 24.5. The van der Waals surface area contributed by atoms with Crippen LogP contribution in [0.15, 0.2) is 170 Å². The van der Waals surface area contributed by atoms with Crippen molar-refractivity contribution in [1.82, 2.24) is 0 Å². The van der Waals surface area contributed by atoms with E-state index in [1.165, 1.54) is 189 Å². The van der Waals surface area contributed by atoms with Gasteiger partial charge in [-0.25, -0.2) is 24.0 Å². The molecule has 96 heavy (non-hydrogen) atoms. The van der Waals surface area contributed by atoms with Crippen molar-refractivity contribution in [2.75, 3.05) is 26.4 Å². The van der Waals surface area contributed by atoms with Crippen molar-refractivity contribution in [1.29, 1.82) is 0 Å². The van der Waals surface area contributed by atoms with Crippen molar-refractivity contribution < 1.29 is 66.6 Å². The Kier molecular flexibility index (Phi) is 34.7. The van der Waals surface area contributed by atoms with Crippen molar-refractivity contribution in [2.24, 2.45) is 0 Å². The molecule has 512 valence electrons. The van der Waals surface area contributed by atoms with Crippen LogP contribution in [0.2, 0.25) is 0 Å². The molecular formula is C82H100O14. The van der Waals surface area contributed by atoms with Crippen LogP contribution in [0.5, 0.6) is 51.7 Å². The quantitative estimate of drug-likeness (QED) is 0.0201. The van der Waals surface area contributed by atoms with Crippen LogP contribution in [0.1, 0.15) is 252 Å². The van der Waals surface area contributed by atoms with E-state index in [0.29, 0.717) is 60.6 Å². The lowest BCUT2D eigenvalue weighted by molar-refractivity contribution is 0.0715. The number of carbonyl (C=O) groups excluding carboxylic acids is 5. The molecule has 0 aliphatic carbocycles. The molecule has 0 saturated heterocycles. The van der Waals surface area contributed by atoms with Crippen LogP contribution in [0.3, 0.4) is 0 Å².